The Morgan fingerprint density at radius 1 is 1.46 bits per heavy atom. The molecule has 1 aromatic heterocycles. The summed E-state index contributed by atoms with van der Waals surface area (Å²) in [5.41, 5.74) is 0.634. The number of hydrogen-bond acceptors (Lipinski definition) is 5. The van der Waals surface area contributed by atoms with Crippen molar-refractivity contribution < 1.29 is 9.53 Å². The van der Waals surface area contributed by atoms with Gasteiger partial charge in [-0.2, -0.15) is 0 Å². The molecule has 0 aliphatic heterocycles. The number of amides is 1. The van der Waals surface area contributed by atoms with Gasteiger partial charge in [0.25, 0.3) is 0 Å². The molecular formula is C16H19ClN4O2S. The van der Waals surface area contributed by atoms with E-state index in [4.69, 9.17) is 16.3 Å². The van der Waals surface area contributed by atoms with E-state index in [0.29, 0.717) is 22.4 Å². The number of benzene rings is 1. The number of nitrogens with one attached hydrogen (secondary N) is 1. The minimum atomic E-state index is -0.305. The topological polar surface area (TPSA) is 69.0 Å². The van der Waals surface area contributed by atoms with Gasteiger partial charge in [-0.1, -0.05) is 23.4 Å². The van der Waals surface area contributed by atoms with Crippen LogP contribution in [0.1, 0.15) is 31.5 Å². The zero-order valence-corrected chi connectivity index (χ0v) is 15.3. The van der Waals surface area contributed by atoms with Crippen LogP contribution in [0.3, 0.4) is 0 Å². The Morgan fingerprint density at radius 2 is 2.21 bits per heavy atom. The van der Waals surface area contributed by atoms with Crippen molar-refractivity contribution in [1.29, 1.82) is 0 Å². The van der Waals surface area contributed by atoms with Crippen LogP contribution in [-0.2, 0) is 11.8 Å². The second-order valence-corrected chi connectivity index (χ2v) is 7.49. The molecule has 6 nitrogen and oxygen atoms in total. The first-order valence-electron chi connectivity index (χ1n) is 7.70. The molecule has 1 aliphatic carbocycles. The van der Waals surface area contributed by atoms with E-state index in [9.17, 15) is 4.79 Å². The van der Waals surface area contributed by atoms with Gasteiger partial charge in [0.05, 0.1) is 17.4 Å². The first kappa shape index (κ1) is 17.1. The summed E-state index contributed by atoms with van der Waals surface area (Å²) in [6.07, 6.45) is 2.34. The Kier molecular flexibility index (Phi) is 5.01. The number of carbonyl (C=O) groups is 1. The lowest BCUT2D eigenvalue weighted by molar-refractivity contribution is -0.115. The molecule has 3 rings (SSSR count). The van der Waals surface area contributed by atoms with Gasteiger partial charge in [-0.15, -0.1) is 10.2 Å². The molecule has 1 fully saturated rings. The summed E-state index contributed by atoms with van der Waals surface area (Å²) < 4.78 is 7.09. The number of halogens is 1. The average Bonchev–Trinajstić information content (AvgIpc) is 3.33. The SMILES string of the molecule is COc1ccc(NC(=O)[C@H](C)Sc2nnc(C3CC3)n2C)cc1Cl. The fourth-order valence-corrected chi connectivity index (χ4v) is 3.40. The molecule has 0 saturated heterocycles. The van der Waals surface area contributed by atoms with Crippen molar-refractivity contribution in [3.8, 4) is 5.75 Å². The van der Waals surface area contributed by atoms with Gasteiger partial charge >= 0.3 is 0 Å². The van der Waals surface area contributed by atoms with E-state index in [-0.39, 0.29) is 11.2 Å². The first-order chi connectivity index (χ1) is 11.5. The summed E-state index contributed by atoms with van der Waals surface area (Å²) in [5, 5.41) is 12.2. The highest BCUT2D eigenvalue weighted by atomic mass is 35.5. The minimum absolute atomic E-state index is 0.114. The second-order valence-electron chi connectivity index (χ2n) is 5.77. The number of anilines is 1. The lowest BCUT2D eigenvalue weighted by Gasteiger charge is -2.12. The van der Waals surface area contributed by atoms with Crippen LogP contribution in [0, 0.1) is 0 Å². The number of nitrogens with zero attached hydrogens (tertiary/aromatic N) is 3. The summed E-state index contributed by atoms with van der Waals surface area (Å²) in [6, 6.07) is 5.15. The highest BCUT2D eigenvalue weighted by Crippen LogP contribution is 2.39. The van der Waals surface area contributed by atoms with Crippen molar-refractivity contribution in [2.75, 3.05) is 12.4 Å². The van der Waals surface area contributed by atoms with Crippen molar-refractivity contribution in [2.45, 2.75) is 36.1 Å². The van der Waals surface area contributed by atoms with Gasteiger partial charge < -0.3 is 14.6 Å². The van der Waals surface area contributed by atoms with E-state index in [1.54, 1.807) is 25.3 Å². The Labute approximate surface area is 149 Å². The lowest BCUT2D eigenvalue weighted by Crippen LogP contribution is -2.22. The predicted molar refractivity (Wildman–Crippen MR) is 94.9 cm³/mol. The zero-order valence-electron chi connectivity index (χ0n) is 13.7. The van der Waals surface area contributed by atoms with Crippen LogP contribution in [-0.4, -0.2) is 33.0 Å². The molecule has 8 heteroatoms. The predicted octanol–water partition coefficient (Wildman–Crippen LogP) is 3.47. The number of aromatic nitrogens is 3. The van der Waals surface area contributed by atoms with Crippen LogP contribution in [0.5, 0.6) is 5.75 Å². The van der Waals surface area contributed by atoms with E-state index < -0.39 is 0 Å². The molecule has 1 aromatic carbocycles. The molecular weight excluding hydrogens is 348 g/mol. The maximum absolute atomic E-state index is 12.4. The lowest BCUT2D eigenvalue weighted by atomic mass is 10.3. The number of ether oxygens (including phenoxy) is 1. The molecule has 1 saturated carbocycles. The zero-order chi connectivity index (χ0) is 17.3. The van der Waals surface area contributed by atoms with Crippen molar-refractivity contribution in [3.05, 3.63) is 29.0 Å². The van der Waals surface area contributed by atoms with E-state index in [0.717, 1.165) is 11.0 Å². The van der Waals surface area contributed by atoms with Crippen LogP contribution in [0.4, 0.5) is 5.69 Å². The molecule has 0 radical (unpaired) electrons. The van der Waals surface area contributed by atoms with Gasteiger partial charge in [-0.3, -0.25) is 4.79 Å². The molecule has 24 heavy (non-hydrogen) atoms. The molecule has 0 bridgehead atoms. The molecule has 128 valence electrons. The van der Waals surface area contributed by atoms with Crippen LogP contribution in [0.2, 0.25) is 5.02 Å². The number of carbonyl (C=O) groups excluding carboxylic acids is 1. The van der Waals surface area contributed by atoms with Gasteiger partial charge in [-0.25, -0.2) is 0 Å². The third kappa shape index (κ3) is 3.67. The molecule has 0 spiro atoms. The molecule has 1 atom stereocenters. The quantitative estimate of drug-likeness (QED) is 0.793. The average molecular weight is 367 g/mol. The van der Waals surface area contributed by atoms with Gasteiger partial charge in [0.2, 0.25) is 5.91 Å². The molecule has 1 amide bonds. The molecule has 1 N–H and O–H groups in total. The van der Waals surface area contributed by atoms with Gasteiger partial charge in [0, 0.05) is 18.7 Å². The van der Waals surface area contributed by atoms with Gasteiger partial charge in [0.15, 0.2) is 5.16 Å². The first-order valence-corrected chi connectivity index (χ1v) is 8.95. The smallest absolute Gasteiger partial charge is 0.237 e. The molecule has 2 aromatic rings. The Balaban J connectivity index is 1.63. The molecule has 1 aliphatic rings. The highest BCUT2D eigenvalue weighted by Gasteiger charge is 2.30. The Morgan fingerprint density at radius 3 is 2.83 bits per heavy atom. The van der Waals surface area contributed by atoms with Crippen LogP contribution >= 0.6 is 23.4 Å². The summed E-state index contributed by atoms with van der Waals surface area (Å²) in [7, 11) is 3.50. The molecule has 0 unspecified atom stereocenters. The van der Waals surface area contributed by atoms with E-state index >= 15 is 0 Å². The monoisotopic (exact) mass is 366 g/mol. The van der Waals surface area contributed by atoms with Crippen LogP contribution in [0.25, 0.3) is 0 Å². The number of thioether (sulfide) groups is 1. The minimum Gasteiger partial charge on any atom is -0.495 e. The fourth-order valence-electron chi connectivity index (χ4n) is 2.33. The van der Waals surface area contributed by atoms with E-state index in [2.05, 4.69) is 15.5 Å². The third-order valence-electron chi connectivity index (χ3n) is 3.88. The van der Waals surface area contributed by atoms with Crippen molar-refractivity contribution in [1.82, 2.24) is 14.8 Å². The van der Waals surface area contributed by atoms with Gasteiger partial charge in [-0.05, 0) is 38.0 Å². The summed E-state index contributed by atoms with van der Waals surface area (Å²) in [6.45, 7) is 1.84. The van der Waals surface area contributed by atoms with E-state index in [1.807, 2.05) is 18.5 Å². The van der Waals surface area contributed by atoms with Crippen molar-refractivity contribution in [3.63, 3.8) is 0 Å². The third-order valence-corrected chi connectivity index (χ3v) is 5.31. The summed E-state index contributed by atoms with van der Waals surface area (Å²) in [4.78, 5) is 12.4. The van der Waals surface area contributed by atoms with Crippen molar-refractivity contribution >= 4 is 35.0 Å². The second kappa shape index (κ2) is 7.03. The standard InChI is InChI=1S/C16H19ClN4O2S/c1-9(24-16-20-19-14(21(16)2)10-4-5-10)15(22)18-11-6-7-13(23-3)12(17)8-11/h6-10H,4-5H2,1-3H3,(H,18,22)/t9-/m0/s1. The van der Waals surface area contributed by atoms with Crippen LogP contribution < -0.4 is 10.1 Å². The molecule has 1 heterocycles. The van der Waals surface area contributed by atoms with Crippen molar-refractivity contribution in [2.24, 2.45) is 7.05 Å². The normalized spacial score (nSPS) is 15.2. The van der Waals surface area contributed by atoms with Crippen LogP contribution in [0.15, 0.2) is 23.4 Å². The maximum Gasteiger partial charge on any atom is 0.237 e. The largest absolute Gasteiger partial charge is 0.495 e. The number of methoxy groups -OCH3 is 1. The fraction of sp³-hybridized carbons (Fsp3) is 0.438. The number of rotatable bonds is 6. The highest BCUT2D eigenvalue weighted by molar-refractivity contribution is 8.00. The Hall–Kier alpha value is -1.73. The summed E-state index contributed by atoms with van der Waals surface area (Å²) >= 11 is 7.47. The summed E-state index contributed by atoms with van der Waals surface area (Å²) in [5.74, 6) is 2.00. The maximum atomic E-state index is 12.4. The number of hydrogen-bond donors (Lipinski definition) is 1. The Bertz CT molecular complexity index is 761. The van der Waals surface area contributed by atoms with Gasteiger partial charge in [0.1, 0.15) is 11.6 Å². The van der Waals surface area contributed by atoms with E-state index in [1.165, 1.54) is 24.6 Å².